The monoisotopic (exact) mass is 373 g/mol. The summed E-state index contributed by atoms with van der Waals surface area (Å²) in [4.78, 5) is 12.4. The molecule has 0 aromatic heterocycles. The molecule has 0 atom stereocenters. The number of hydrogen-bond donors (Lipinski definition) is 1. The van der Waals surface area contributed by atoms with Crippen molar-refractivity contribution in [1.82, 2.24) is 0 Å². The van der Waals surface area contributed by atoms with Crippen LogP contribution in [0.25, 0.3) is 0 Å². The molecule has 0 spiro atoms. The minimum atomic E-state index is -3.34. The molecule has 6 heteroatoms. The van der Waals surface area contributed by atoms with Crippen LogP contribution in [-0.2, 0) is 14.6 Å². The second-order valence-electron chi connectivity index (χ2n) is 6.63. The highest BCUT2D eigenvalue weighted by molar-refractivity contribution is 7.92. The average molecular weight is 373 g/mol. The van der Waals surface area contributed by atoms with Crippen molar-refractivity contribution >= 4 is 21.4 Å². The molecule has 1 fully saturated rings. The predicted molar refractivity (Wildman–Crippen MR) is 101 cm³/mol. The quantitative estimate of drug-likeness (QED) is 0.837. The number of anilines is 1. The fourth-order valence-electron chi connectivity index (χ4n) is 3.19. The molecule has 26 heavy (non-hydrogen) atoms. The van der Waals surface area contributed by atoms with Crippen molar-refractivity contribution in [3.8, 4) is 5.75 Å². The van der Waals surface area contributed by atoms with E-state index in [9.17, 15) is 13.2 Å². The number of benzene rings is 2. The van der Waals surface area contributed by atoms with Gasteiger partial charge in [0.25, 0.3) is 5.91 Å². The fourth-order valence-corrected chi connectivity index (χ4v) is 5.09. The maximum absolute atomic E-state index is 12.7. The summed E-state index contributed by atoms with van der Waals surface area (Å²) in [5.41, 5.74) is 1.51. The number of carbonyl (C=O) groups is 1. The first-order chi connectivity index (χ1) is 12.4. The van der Waals surface area contributed by atoms with E-state index in [1.54, 1.807) is 24.3 Å². The molecule has 0 radical (unpaired) electrons. The van der Waals surface area contributed by atoms with Crippen molar-refractivity contribution in [3.63, 3.8) is 0 Å². The first-order valence-electron chi connectivity index (χ1n) is 8.78. The average Bonchev–Trinajstić information content (AvgIpc) is 3.16. The summed E-state index contributed by atoms with van der Waals surface area (Å²) >= 11 is 0. The van der Waals surface area contributed by atoms with Gasteiger partial charge in [0.1, 0.15) is 5.75 Å². The minimum Gasteiger partial charge on any atom is -0.484 e. The molecule has 1 aliphatic rings. The number of aryl methyl sites for hydroxylation is 1. The van der Waals surface area contributed by atoms with Crippen LogP contribution in [0.5, 0.6) is 5.75 Å². The maximum atomic E-state index is 12.7. The van der Waals surface area contributed by atoms with Crippen LogP contribution in [0.4, 0.5) is 5.69 Å². The van der Waals surface area contributed by atoms with E-state index < -0.39 is 9.84 Å². The van der Waals surface area contributed by atoms with Crippen LogP contribution in [0.15, 0.2) is 53.4 Å². The van der Waals surface area contributed by atoms with Gasteiger partial charge in [0.2, 0.25) is 0 Å². The molecule has 2 aromatic rings. The van der Waals surface area contributed by atoms with E-state index >= 15 is 0 Å². The highest BCUT2D eigenvalue weighted by atomic mass is 32.2. The smallest absolute Gasteiger partial charge is 0.262 e. The van der Waals surface area contributed by atoms with Crippen LogP contribution in [0.3, 0.4) is 0 Å². The van der Waals surface area contributed by atoms with Gasteiger partial charge in [0.15, 0.2) is 16.4 Å². The zero-order chi connectivity index (χ0) is 18.6. The Labute approximate surface area is 154 Å². The second kappa shape index (κ2) is 7.91. The Bertz CT molecular complexity index is 886. The van der Waals surface area contributed by atoms with E-state index in [-0.39, 0.29) is 22.7 Å². The van der Waals surface area contributed by atoms with Gasteiger partial charge in [0.05, 0.1) is 10.1 Å². The molecule has 0 aliphatic heterocycles. The lowest BCUT2D eigenvalue weighted by Crippen LogP contribution is -2.21. The summed E-state index contributed by atoms with van der Waals surface area (Å²) < 4.78 is 30.8. The third-order valence-corrected chi connectivity index (χ3v) is 6.81. The molecule has 0 unspecified atom stereocenters. The summed E-state index contributed by atoms with van der Waals surface area (Å²) in [5.74, 6) is 0.291. The van der Waals surface area contributed by atoms with Crippen LogP contribution in [0.1, 0.15) is 31.2 Å². The number of nitrogens with one attached hydrogen (secondary N) is 1. The number of carbonyl (C=O) groups excluding carboxylic acids is 1. The molecule has 2 aromatic carbocycles. The number of sulfone groups is 1. The molecule has 5 nitrogen and oxygen atoms in total. The van der Waals surface area contributed by atoms with Crippen LogP contribution >= 0.6 is 0 Å². The largest absolute Gasteiger partial charge is 0.484 e. The Hall–Kier alpha value is -2.34. The Morgan fingerprint density at radius 2 is 1.85 bits per heavy atom. The standard InChI is InChI=1S/C20H23NO4S/c1-15-6-4-8-17(12-15)25-14-20(22)21-16-7-5-11-19(13-16)26(23,24)18-9-2-3-10-18/h4-8,11-13,18H,2-3,9-10,14H2,1H3,(H,21,22). The van der Waals surface area contributed by atoms with E-state index in [2.05, 4.69) is 5.32 Å². The molecule has 0 saturated heterocycles. The lowest BCUT2D eigenvalue weighted by Gasteiger charge is -2.13. The Morgan fingerprint density at radius 3 is 2.58 bits per heavy atom. The predicted octanol–water partition coefficient (Wildman–Crippen LogP) is 3.73. The minimum absolute atomic E-state index is 0.136. The van der Waals surface area contributed by atoms with E-state index in [1.165, 1.54) is 6.07 Å². The Balaban J connectivity index is 1.64. The van der Waals surface area contributed by atoms with Gasteiger partial charge in [-0.05, 0) is 55.7 Å². The van der Waals surface area contributed by atoms with Crippen molar-refractivity contribution in [2.24, 2.45) is 0 Å². The van der Waals surface area contributed by atoms with E-state index in [0.717, 1.165) is 18.4 Å². The molecular weight excluding hydrogens is 350 g/mol. The van der Waals surface area contributed by atoms with Gasteiger partial charge in [-0.1, -0.05) is 31.0 Å². The molecule has 0 heterocycles. The van der Waals surface area contributed by atoms with Gasteiger partial charge >= 0.3 is 0 Å². The second-order valence-corrected chi connectivity index (χ2v) is 8.86. The zero-order valence-corrected chi connectivity index (χ0v) is 15.6. The fraction of sp³-hybridized carbons (Fsp3) is 0.350. The molecule has 1 amide bonds. The Kier molecular flexibility index (Phi) is 5.61. The highest BCUT2D eigenvalue weighted by Crippen LogP contribution is 2.30. The zero-order valence-electron chi connectivity index (χ0n) is 14.8. The number of amides is 1. The third kappa shape index (κ3) is 4.43. The van der Waals surface area contributed by atoms with Gasteiger partial charge in [-0.3, -0.25) is 4.79 Å². The third-order valence-electron chi connectivity index (χ3n) is 4.55. The lowest BCUT2D eigenvalue weighted by atomic mass is 10.2. The van der Waals surface area contributed by atoms with Crippen LogP contribution in [-0.4, -0.2) is 26.2 Å². The van der Waals surface area contributed by atoms with Crippen LogP contribution in [0.2, 0.25) is 0 Å². The molecular formula is C20H23NO4S. The van der Waals surface area contributed by atoms with Crippen molar-refractivity contribution < 1.29 is 17.9 Å². The van der Waals surface area contributed by atoms with Gasteiger partial charge in [-0.15, -0.1) is 0 Å². The summed E-state index contributed by atoms with van der Waals surface area (Å²) in [6, 6.07) is 13.9. The van der Waals surface area contributed by atoms with Crippen molar-refractivity contribution in [3.05, 3.63) is 54.1 Å². The van der Waals surface area contributed by atoms with Gasteiger partial charge in [-0.25, -0.2) is 8.42 Å². The normalized spacial score (nSPS) is 15.0. The van der Waals surface area contributed by atoms with Crippen LogP contribution in [0, 0.1) is 6.92 Å². The molecule has 1 aliphatic carbocycles. The lowest BCUT2D eigenvalue weighted by molar-refractivity contribution is -0.118. The summed E-state index contributed by atoms with van der Waals surface area (Å²) in [6.07, 6.45) is 3.33. The van der Waals surface area contributed by atoms with E-state index in [0.29, 0.717) is 24.3 Å². The Morgan fingerprint density at radius 1 is 1.12 bits per heavy atom. The molecule has 0 bridgehead atoms. The summed E-state index contributed by atoms with van der Waals surface area (Å²) in [5, 5.41) is 2.39. The first-order valence-corrected chi connectivity index (χ1v) is 10.3. The van der Waals surface area contributed by atoms with Gasteiger partial charge < -0.3 is 10.1 Å². The maximum Gasteiger partial charge on any atom is 0.262 e. The summed E-state index contributed by atoms with van der Waals surface area (Å²) in [6.45, 7) is 1.81. The number of ether oxygens (including phenoxy) is 1. The highest BCUT2D eigenvalue weighted by Gasteiger charge is 2.30. The van der Waals surface area contributed by atoms with Crippen molar-refractivity contribution in [2.45, 2.75) is 42.8 Å². The van der Waals surface area contributed by atoms with E-state index in [4.69, 9.17) is 4.74 Å². The molecule has 1 saturated carbocycles. The van der Waals surface area contributed by atoms with Crippen molar-refractivity contribution in [1.29, 1.82) is 0 Å². The van der Waals surface area contributed by atoms with E-state index in [1.807, 2.05) is 25.1 Å². The van der Waals surface area contributed by atoms with Gasteiger partial charge in [0, 0.05) is 5.69 Å². The van der Waals surface area contributed by atoms with Gasteiger partial charge in [-0.2, -0.15) is 0 Å². The summed E-state index contributed by atoms with van der Waals surface area (Å²) in [7, 11) is -3.34. The van der Waals surface area contributed by atoms with Crippen molar-refractivity contribution in [2.75, 3.05) is 11.9 Å². The van der Waals surface area contributed by atoms with Crippen LogP contribution < -0.4 is 10.1 Å². The SMILES string of the molecule is Cc1cccc(OCC(=O)Nc2cccc(S(=O)(=O)C3CCCC3)c2)c1. The molecule has 3 rings (SSSR count). The molecule has 138 valence electrons. The number of rotatable bonds is 6. The first kappa shape index (κ1) is 18.5. The topological polar surface area (TPSA) is 72.5 Å². The number of hydrogen-bond acceptors (Lipinski definition) is 4. The molecule has 1 N–H and O–H groups in total.